The number of halogens is 4. The summed E-state index contributed by atoms with van der Waals surface area (Å²) >= 11 is 3.17. The van der Waals surface area contributed by atoms with Crippen LogP contribution in [0.5, 0.6) is 0 Å². The zero-order valence-electron chi connectivity index (χ0n) is 12.4. The van der Waals surface area contributed by atoms with Crippen LogP contribution in [0.2, 0.25) is 0 Å². The van der Waals surface area contributed by atoms with Crippen LogP contribution in [0.4, 0.5) is 29.3 Å². The Balaban J connectivity index is 1.67. The molecule has 0 aliphatic rings. The van der Waals surface area contributed by atoms with E-state index in [9.17, 15) is 18.0 Å². The Morgan fingerprint density at radius 3 is 2.48 bits per heavy atom. The van der Waals surface area contributed by atoms with Gasteiger partial charge in [-0.3, -0.25) is 0 Å². The fourth-order valence-electron chi connectivity index (χ4n) is 2.22. The molecule has 0 radical (unpaired) electrons. The Hall–Kier alpha value is -2.13. The normalized spacial score (nSPS) is 11.5. The molecule has 0 saturated heterocycles. The van der Waals surface area contributed by atoms with Gasteiger partial charge >= 0.3 is 11.5 Å². The van der Waals surface area contributed by atoms with Crippen LogP contribution in [0, 0.1) is 0 Å². The minimum Gasteiger partial charge on any atom is -0.359 e. The van der Waals surface area contributed by atoms with Crippen LogP contribution in [-0.4, -0.2) is 16.5 Å². The summed E-state index contributed by atoms with van der Waals surface area (Å²) in [6.45, 7) is 0. The van der Waals surface area contributed by atoms with Crippen LogP contribution < -0.4 is 10.6 Å². The second-order valence-electron chi connectivity index (χ2n) is 5.04. The van der Waals surface area contributed by atoms with E-state index < -0.39 is 11.5 Å². The van der Waals surface area contributed by atoms with Gasteiger partial charge in [-0.05, 0) is 54.2 Å². The molecule has 9 heteroatoms. The molecule has 25 heavy (non-hydrogen) atoms. The average Bonchev–Trinajstić information content (AvgIpc) is 2.90. The standard InChI is InChI=1S/C16H11BrF3N3OS/c17-9-1-6-13-12(7-9)14(8-21-13)23-15(24)22-10-2-4-11(5-3-10)25-16(18,19)20/h1-8,21H,(H2,22,23,24). The molecule has 0 unspecified atom stereocenters. The van der Waals surface area contributed by atoms with Gasteiger partial charge in [0.05, 0.1) is 5.69 Å². The summed E-state index contributed by atoms with van der Waals surface area (Å²) in [5.74, 6) is 0. The quantitative estimate of drug-likeness (QED) is 0.435. The Kier molecular flexibility index (Phi) is 4.96. The molecule has 0 spiro atoms. The molecule has 1 aromatic heterocycles. The highest BCUT2D eigenvalue weighted by molar-refractivity contribution is 9.10. The molecule has 0 atom stereocenters. The molecule has 0 aliphatic carbocycles. The van der Waals surface area contributed by atoms with Gasteiger partial charge in [0.1, 0.15) is 0 Å². The number of hydrogen-bond donors (Lipinski definition) is 3. The number of thioether (sulfide) groups is 1. The zero-order valence-corrected chi connectivity index (χ0v) is 14.8. The molecule has 4 nitrogen and oxygen atoms in total. The van der Waals surface area contributed by atoms with Crippen LogP contribution in [-0.2, 0) is 0 Å². The number of fused-ring (bicyclic) bond motifs is 1. The fraction of sp³-hybridized carbons (Fsp3) is 0.0625. The summed E-state index contributed by atoms with van der Waals surface area (Å²) in [4.78, 5) is 15.2. The van der Waals surface area contributed by atoms with Gasteiger partial charge in [0.25, 0.3) is 0 Å². The number of carbonyl (C=O) groups excluding carboxylic acids is 1. The number of alkyl halides is 3. The van der Waals surface area contributed by atoms with Crippen molar-refractivity contribution in [3.8, 4) is 0 Å². The van der Waals surface area contributed by atoms with Gasteiger partial charge in [-0.2, -0.15) is 13.2 Å². The predicted molar refractivity (Wildman–Crippen MR) is 97.0 cm³/mol. The first-order chi connectivity index (χ1) is 11.8. The molecule has 0 fully saturated rings. The van der Waals surface area contributed by atoms with Gasteiger partial charge in [0, 0.05) is 32.2 Å². The summed E-state index contributed by atoms with van der Waals surface area (Å²) in [5.41, 5.74) is -2.48. The van der Waals surface area contributed by atoms with E-state index in [1.54, 1.807) is 6.20 Å². The van der Waals surface area contributed by atoms with Crippen LogP contribution in [0.3, 0.4) is 0 Å². The maximum atomic E-state index is 12.3. The topological polar surface area (TPSA) is 56.9 Å². The van der Waals surface area contributed by atoms with Crippen molar-refractivity contribution in [3.05, 3.63) is 53.1 Å². The lowest BCUT2D eigenvalue weighted by Crippen LogP contribution is -2.19. The highest BCUT2D eigenvalue weighted by atomic mass is 79.9. The third-order valence-electron chi connectivity index (χ3n) is 3.24. The second kappa shape index (κ2) is 7.01. The van der Waals surface area contributed by atoms with Gasteiger partial charge < -0.3 is 15.6 Å². The Bertz CT molecular complexity index is 909. The van der Waals surface area contributed by atoms with Gasteiger partial charge in [-0.25, -0.2) is 4.79 Å². The molecule has 0 bridgehead atoms. The maximum Gasteiger partial charge on any atom is 0.446 e. The van der Waals surface area contributed by atoms with Crippen molar-refractivity contribution >= 4 is 56.0 Å². The lowest BCUT2D eigenvalue weighted by molar-refractivity contribution is -0.0328. The van der Waals surface area contributed by atoms with Crippen molar-refractivity contribution in [1.29, 1.82) is 0 Å². The third kappa shape index (κ3) is 4.70. The van der Waals surface area contributed by atoms with Gasteiger partial charge in [-0.15, -0.1) is 0 Å². The Morgan fingerprint density at radius 2 is 1.80 bits per heavy atom. The van der Waals surface area contributed by atoms with E-state index in [4.69, 9.17) is 0 Å². The van der Waals surface area contributed by atoms with E-state index in [1.165, 1.54) is 24.3 Å². The number of amides is 2. The van der Waals surface area contributed by atoms with Crippen molar-refractivity contribution in [2.45, 2.75) is 10.4 Å². The van der Waals surface area contributed by atoms with E-state index >= 15 is 0 Å². The minimum absolute atomic E-state index is 0.0555. The third-order valence-corrected chi connectivity index (χ3v) is 4.47. The molecule has 3 aromatic rings. The summed E-state index contributed by atoms with van der Waals surface area (Å²) in [6.07, 6.45) is 1.67. The number of hydrogen-bond acceptors (Lipinski definition) is 2. The molecular weight excluding hydrogens is 419 g/mol. The molecule has 2 amide bonds. The molecule has 0 saturated carbocycles. The number of benzene rings is 2. The van der Waals surface area contributed by atoms with Gasteiger partial charge in [-0.1, -0.05) is 15.9 Å². The van der Waals surface area contributed by atoms with E-state index in [0.717, 1.165) is 15.4 Å². The number of aromatic nitrogens is 1. The number of rotatable bonds is 3. The molecular formula is C16H11BrF3N3OS. The van der Waals surface area contributed by atoms with E-state index in [-0.39, 0.29) is 16.7 Å². The first-order valence-electron chi connectivity index (χ1n) is 7.01. The van der Waals surface area contributed by atoms with Crippen LogP contribution >= 0.6 is 27.7 Å². The maximum absolute atomic E-state index is 12.3. The van der Waals surface area contributed by atoms with Crippen LogP contribution in [0.1, 0.15) is 0 Å². The van der Waals surface area contributed by atoms with Crippen molar-refractivity contribution in [2.24, 2.45) is 0 Å². The molecule has 3 rings (SSSR count). The van der Waals surface area contributed by atoms with Crippen LogP contribution in [0.25, 0.3) is 10.9 Å². The summed E-state index contributed by atoms with van der Waals surface area (Å²) < 4.78 is 37.8. The highest BCUT2D eigenvalue weighted by Gasteiger charge is 2.29. The largest absolute Gasteiger partial charge is 0.446 e. The monoisotopic (exact) mass is 429 g/mol. The lowest BCUT2D eigenvalue weighted by atomic mass is 10.2. The number of nitrogens with one attached hydrogen (secondary N) is 3. The summed E-state index contributed by atoms with van der Waals surface area (Å²) in [5, 5.41) is 6.12. The Morgan fingerprint density at radius 1 is 1.08 bits per heavy atom. The molecule has 130 valence electrons. The number of carbonyl (C=O) groups is 1. The zero-order chi connectivity index (χ0) is 18.0. The second-order valence-corrected chi connectivity index (χ2v) is 7.10. The summed E-state index contributed by atoms with van der Waals surface area (Å²) in [7, 11) is 0. The fourth-order valence-corrected chi connectivity index (χ4v) is 3.12. The van der Waals surface area contributed by atoms with Gasteiger partial charge in [0.2, 0.25) is 0 Å². The minimum atomic E-state index is -4.34. The average molecular weight is 430 g/mol. The number of aromatic amines is 1. The number of H-pyrrole nitrogens is 1. The smallest absolute Gasteiger partial charge is 0.359 e. The van der Waals surface area contributed by atoms with E-state index in [1.807, 2.05) is 18.2 Å². The first-order valence-corrected chi connectivity index (χ1v) is 8.61. The van der Waals surface area contributed by atoms with E-state index in [2.05, 4.69) is 31.5 Å². The number of urea groups is 1. The molecule has 3 N–H and O–H groups in total. The molecule has 2 aromatic carbocycles. The van der Waals surface area contributed by atoms with Crippen molar-refractivity contribution in [1.82, 2.24) is 4.98 Å². The summed E-state index contributed by atoms with van der Waals surface area (Å²) in [6, 6.07) is 10.6. The van der Waals surface area contributed by atoms with Gasteiger partial charge in [0.15, 0.2) is 0 Å². The highest BCUT2D eigenvalue weighted by Crippen LogP contribution is 2.37. The molecule has 1 heterocycles. The Labute approximate surface area is 153 Å². The lowest BCUT2D eigenvalue weighted by Gasteiger charge is -2.09. The van der Waals surface area contributed by atoms with E-state index in [0.29, 0.717) is 11.4 Å². The van der Waals surface area contributed by atoms with Crippen molar-refractivity contribution < 1.29 is 18.0 Å². The van der Waals surface area contributed by atoms with Crippen molar-refractivity contribution in [2.75, 3.05) is 10.6 Å². The molecule has 0 aliphatic heterocycles. The predicted octanol–water partition coefficient (Wildman–Crippen LogP) is 6.19. The first kappa shape index (κ1) is 17.7. The number of anilines is 2. The van der Waals surface area contributed by atoms with Crippen molar-refractivity contribution in [3.63, 3.8) is 0 Å². The van der Waals surface area contributed by atoms with Crippen LogP contribution in [0.15, 0.2) is 58.0 Å². The SMILES string of the molecule is O=C(Nc1ccc(SC(F)(F)F)cc1)Nc1c[nH]c2ccc(Br)cc12.